The number of nitrogens with zero attached hydrogens (tertiary/aromatic N) is 4. The molecule has 1 amide bonds. The van der Waals surface area contributed by atoms with E-state index in [9.17, 15) is 4.79 Å². The quantitative estimate of drug-likeness (QED) is 0.832. The summed E-state index contributed by atoms with van der Waals surface area (Å²) in [5.41, 5.74) is -0.0774. The Hall–Kier alpha value is -1.36. The third-order valence-corrected chi connectivity index (χ3v) is 6.54. The molecule has 0 bridgehead atoms. The number of carbonyl (C=O) groups is 1. The fraction of sp³-hybridized carbons (Fsp3) is 0.789. The third-order valence-electron chi connectivity index (χ3n) is 6.54. The van der Waals surface area contributed by atoms with E-state index in [1.165, 1.54) is 25.7 Å². The van der Waals surface area contributed by atoms with E-state index in [-0.39, 0.29) is 5.41 Å². The van der Waals surface area contributed by atoms with Crippen molar-refractivity contribution in [3.05, 3.63) is 18.2 Å². The van der Waals surface area contributed by atoms with Crippen molar-refractivity contribution < 1.29 is 4.79 Å². The minimum Gasteiger partial charge on any atom is -0.342 e. The number of aromatic nitrogens is 2. The first kappa shape index (κ1) is 16.1. The molecule has 24 heavy (non-hydrogen) atoms. The molecule has 1 saturated carbocycles. The average Bonchev–Trinajstić information content (AvgIpc) is 3.12. The van der Waals surface area contributed by atoms with Crippen molar-refractivity contribution in [1.82, 2.24) is 19.4 Å². The van der Waals surface area contributed by atoms with Crippen LogP contribution in [0.3, 0.4) is 0 Å². The second-order valence-corrected chi connectivity index (χ2v) is 8.13. The molecule has 5 nitrogen and oxygen atoms in total. The molecule has 1 aromatic heterocycles. The molecule has 0 unspecified atom stereocenters. The van der Waals surface area contributed by atoms with Crippen molar-refractivity contribution in [2.24, 2.45) is 11.3 Å². The van der Waals surface area contributed by atoms with Gasteiger partial charge in [0.15, 0.2) is 0 Å². The molecule has 3 fully saturated rings. The maximum absolute atomic E-state index is 13.1. The predicted molar refractivity (Wildman–Crippen MR) is 93.6 cm³/mol. The molecule has 132 valence electrons. The standard InChI is InChI=1S/C19H30N4O/c1-16-20-8-11-22(16)13-12-21-10-7-19(15-21)6-3-9-23(18(19)24)14-17-4-2-5-17/h8,11,17H,2-7,9-10,12-15H2,1H3/t19-/m1/s1. The summed E-state index contributed by atoms with van der Waals surface area (Å²) in [7, 11) is 0. The molecule has 1 aliphatic carbocycles. The van der Waals surface area contributed by atoms with Crippen LogP contribution in [0.2, 0.25) is 0 Å². The van der Waals surface area contributed by atoms with Crippen molar-refractivity contribution >= 4 is 5.91 Å². The van der Waals surface area contributed by atoms with E-state index < -0.39 is 0 Å². The lowest BCUT2D eigenvalue weighted by atomic mass is 9.77. The van der Waals surface area contributed by atoms with E-state index in [1.54, 1.807) is 0 Å². The van der Waals surface area contributed by atoms with Gasteiger partial charge in [-0.15, -0.1) is 0 Å². The van der Waals surface area contributed by atoms with Gasteiger partial charge in [0.1, 0.15) is 5.82 Å². The molecule has 5 heteroatoms. The molecule has 3 heterocycles. The summed E-state index contributed by atoms with van der Waals surface area (Å²) in [6.07, 6.45) is 11.3. The van der Waals surface area contributed by atoms with E-state index in [0.717, 1.165) is 63.9 Å². The average molecular weight is 330 g/mol. The largest absolute Gasteiger partial charge is 0.342 e. The Labute approximate surface area is 145 Å². The monoisotopic (exact) mass is 330 g/mol. The van der Waals surface area contributed by atoms with Crippen molar-refractivity contribution in [3.63, 3.8) is 0 Å². The number of likely N-dealkylation sites (tertiary alicyclic amines) is 2. The van der Waals surface area contributed by atoms with Crippen LogP contribution in [0.4, 0.5) is 0 Å². The highest BCUT2D eigenvalue weighted by Gasteiger charge is 2.48. The molecule has 3 aliphatic rings. The van der Waals surface area contributed by atoms with Crippen LogP contribution in [-0.4, -0.2) is 58.0 Å². The number of rotatable bonds is 5. The zero-order chi connectivity index (χ0) is 16.6. The minimum atomic E-state index is -0.0774. The second kappa shape index (κ2) is 6.51. The van der Waals surface area contributed by atoms with E-state index in [1.807, 2.05) is 12.4 Å². The highest BCUT2D eigenvalue weighted by molar-refractivity contribution is 5.84. The molecule has 1 aromatic rings. The van der Waals surface area contributed by atoms with Gasteiger partial charge in [-0.1, -0.05) is 6.42 Å². The van der Waals surface area contributed by atoms with Crippen LogP contribution in [-0.2, 0) is 11.3 Å². The Morgan fingerprint density at radius 2 is 2.08 bits per heavy atom. The summed E-state index contributed by atoms with van der Waals surface area (Å²) in [6, 6.07) is 0. The van der Waals surface area contributed by atoms with Crippen LogP contribution < -0.4 is 0 Å². The van der Waals surface area contributed by atoms with Crippen LogP contribution in [0.15, 0.2) is 12.4 Å². The smallest absolute Gasteiger partial charge is 0.230 e. The maximum atomic E-state index is 13.1. The Morgan fingerprint density at radius 1 is 1.21 bits per heavy atom. The lowest BCUT2D eigenvalue weighted by molar-refractivity contribution is -0.146. The molecule has 1 spiro atoms. The Bertz CT molecular complexity index is 594. The zero-order valence-electron chi connectivity index (χ0n) is 14.9. The number of amides is 1. The number of aryl methyl sites for hydroxylation is 1. The van der Waals surface area contributed by atoms with E-state index in [0.29, 0.717) is 5.91 Å². The molecule has 2 aliphatic heterocycles. The second-order valence-electron chi connectivity index (χ2n) is 8.13. The Morgan fingerprint density at radius 3 is 2.79 bits per heavy atom. The molecule has 4 rings (SSSR count). The lowest BCUT2D eigenvalue weighted by Crippen LogP contribution is -2.51. The van der Waals surface area contributed by atoms with Gasteiger partial charge in [-0.25, -0.2) is 4.98 Å². The maximum Gasteiger partial charge on any atom is 0.230 e. The van der Waals surface area contributed by atoms with Crippen molar-refractivity contribution in [2.75, 3.05) is 32.7 Å². The molecular formula is C19H30N4O. The van der Waals surface area contributed by atoms with Gasteiger partial charge in [0.25, 0.3) is 0 Å². The Balaban J connectivity index is 1.35. The van der Waals surface area contributed by atoms with Gasteiger partial charge in [0.05, 0.1) is 5.41 Å². The summed E-state index contributed by atoms with van der Waals surface area (Å²) in [5, 5.41) is 0. The fourth-order valence-electron chi connectivity index (χ4n) is 4.73. The molecule has 2 saturated heterocycles. The van der Waals surface area contributed by atoms with Crippen molar-refractivity contribution in [1.29, 1.82) is 0 Å². The van der Waals surface area contributed by atoms with Gasteiger partial charge in [-0.05, 0) is 51.5 Å². The van der Waals surface area contributed by atoms with Crippen LogP contribution in [0, 0.1) is 18.3 Å². The van der Waals surface area contributed by atoms with Gasteiger partial charge in [-0.2, -0.15) is 0 Å². The minimum absolute atomic E-state index is 0.0774. The lowest BCUT2D eigenvalue weighted by Gasteiger charge is -2.42. The van der Waals surface area contributed by atoms with Crippen molar-refractivity contribution in [3.8, 4) is 0 Å². The highest BCUT2D eigenvalue weighted by atomic mass is 16.2. The van der Waals surface area contributed by atoms with E-state index in [2.05, 4.69) is 26.3 Å². The van der Waals surface area contributed by atoms with Gasteiger partial charge in [0, 0.05) is 45.1 Å². The number of hydrogen-bond acceptors (Lipinski definition) is 3. The van der Waals surface area contributed by atoms with Gasteiger partial charge < -0.3 is 14.4 Å². The summed E-state index contributed by atoms with van der Waals surface area (Å²) >= 11 is 0. The molecule has 0 aromatic carbocycles. The molecule has 1 atom stereocenters. The first-order valence-electron chi connectivity index (χ1n) is 9.66. The Kier molecular flexibility index (Phi) is 4.37. The van der Waals surface area contributed by atoms with Crippen LogP contribution in [0.1, 0.15) is 44.3 Å². The summed E-state index contributed by atoms with van der Waals surface area (Å²) in [6.45, 7) is 8.09. The third kappa shape index (κ3) is 2.99. The molecule has 0 N–H and O–H groups in total. The topological polar surface area (TPSA) is 41.4 Å². The zero-order valence-corrected chi connectivity index (χ0v) is 14.9. The normalized spacial score (nSPS) is 28.7. The van der Waals surface area contributed by atoms with E-state index >= 15 is 0 Å². The molecular weight excluding hydrogens is 300 g/mol. The van der Waals surface area contributed by atoms with Crippen molar-refractivity contribution in [2.45, 2.75) is 52.0 Å². The first-order valence-corrected chi connectivity index (χ1v) is 9.66. The number of carbonyl (C=O) groups excluding carboxylic acids is 1. The van der Waals surface area contributed by atoms with E-state index in [4.69, 9.17) is 0 Å². The van der Waals surface area contributed by atoms with Gasteiger partial charge >= 0.3 is 0 Å². The van der Waals surface area contributed by atoms with Crippen LogP contribution >= 0.6 is 0 Å². The number of piperidine rings is 1. The summed E-state index contributed by atoms with van der Waals surface area (Å²) < 4.78 is 2.20. The number of hydrogen-bond donors (Lipinski definition) is 0. The number of imidazole rings is 1. The summed E-state index contributed by atoms with van der Waals surface area (Å²) in [4.78, 5) is 22.1. The van der Waals surface area contributed by atoms with Crippen LogP contribution in [0.25, 0.3) is 0 Å². The predicted octanol–water partition coefficient (Wildman–Crippen LogP) is 2.31. The SMILES string of the molecule is Cc1nccn1CCN1CC[C@]2(CCCN(CC3CCC3)C2=O)C1. The summed E-state index contributed by atoms with van der Waals surface area (Å²) in [5.74, 6) is 2.32. The van der Waals surface area contributed by atoms with Gasteiger partial charge in [-0.3, -0.25) is 4.79 Å². The van der Waals surface area contributed by atoms with Gasteiger partial charge in [0.2, 0.25) is 5.91 Å². The molecule has 0 radical (unpaired) electrons. The highest BCUT2D eigenvalue weighted by Crippen LogP contribution is 2.41. The fourth-order valence-corrected chi connectivity index (χ4v) is 4.73. The van der Waals surface area contributed by atoms with Crippen LogP contribution in [0.5, 0.6) is 0 Å². The first-order chi connectivity index (χ1) is 11.7.